The van der Waals surface area contributed by atoms with Gasteiger partial charge in [0.05, 0.1) is 25.9 Å². The number of nitrogens with one attached hydrogen (secondary N) is 1. The fourth-order valence-corrected chi connectivity index (χ4v) is 3.35. The van der Waals surface area contributed by atoms with Gasteiger partial charge in [-0.15, -0.1) is 0 Å². The molecule has 1 N–H and O–H groups in total. The van der Waals surface area contributed by atoms with E-state index in [0.29, 0.717) is 10.6 Å². The normalized spacial score (nSPS) is 24.6. The van der Waals surface area contributed by atoms with Gasteiger partial charge in [-0.3, -0.25) is 9.00 Å². The third kappa shape index (κ3) is 2.04. The van der Waals surface area contributed by atoms with Crippen molar-refractivity contribution in [3.05, 3.63) is 22.4 Å². The molecule has 1 aromatic carbocycles. The van der Waals surface area contributed by atoms with Gasteiger partial charge in [-0.2, -0.15) is 0 Å². The van der Waals surface area contributed by atoms with Crippen molar-refractivity contribution >= 4 is 38.3 Å². The molecular formula is C10H9BrFNO2S. The lowest BCUT2D eigenvalue weighted by molar-refractivity contribution is -0.118. The quantitative estimate of drug-likeness (QED) is 0.799. The Kier molecular flexibility index (Phi) is 3.12. The van der Waals surface area contributed by atoms with Crippen molar-refractivity contribution < 1.29 is 13.4 Å². The molecule has 0 aliphatic carbocycles. The molecule has 3 nitrogen and oxygen atoms in total. The van der Waals surface area contributed by atoms with E-state index in [1.54, 1.807) is 6.92 Å². The van der Waals surface area contributed by atoms with Crippen LogP contribution in [0.3, 0.4) is 0 Å². The summed E-state index contributed by atoms with van der Waals surface area (Å²) in [5, 5.41) is 2.58. The van der Waals surface area contributed by atoms with E-state index in [1.165, 1.54) is 12.1 Å². The Morgan fingerprint density at radius 3 is 2.94 bits per heavy atom. The van der Waals surface area contributed by atoms with E-state index in [1.807, 2.05) is 0 Å². The van der Waals surface area contributed by atoms with Crippen molar-refractivity contribution in [3.8, 4) is 0 Å². The number of hydrogen-bond acceptors (Lipinski definition) is 2. The Labute approximate surface area is 103 Å². The van der Waals surface area contributed by atoms with E-state index in [-0.39, 0.29) is 22.1 Å². The second-order valence-corrected chi connectivity index (χ2v) is 5.98. The minimum Gasteiger partial charge on any atom is -0.325 e. The molecule has 2 unspecified atom stereocenters. The van der Waals surface area contributed by atoms with Gasteiger partial charge < -0.3 is 5.32 Å². The summed E-state index contributed by atoms with van der Waals surface area (Å²) in [5.74, 6) is -0.786. The van der Waals surface area contributed by atoms with Gasteiger partial charge in [0, 0.05) is 11.7 Å². The summed E-state index contributed by atoms with van der Waals surface area (Å²) in [7, 11) is -1.28. The minimum atomic E-state index is -1.28. The standard InChI is InChI=1S/C10H9BrFNO2S/c1-5-4-16(15)9-2-6(11)7(12)3-8(9)13-10(5)14/h2-3,5H,4H2,1H3,(H,13,14). The first kappa shape index (κ1) is 11.7. The molecule has 0 fully saturated rings. The molecule has 0 bridgehead atoms. The second kappa shape index (κ2) is 4.25. The smallest absolute Gasteiger partial charge is 0.228 e. The van der Waals surface area contributed by atoms with Crippen LogP contribution in [0.4, 0.5) is 10.1 Å². The molecule has 1 aromatic rings. The molecule has 0 aromatic heterocycles. The molecular weight excluding hydrogens is 297 g/mol. The van der Waals surface area contributed by atoms with Crippen LogP contribution in [-0.4, -0.2) is 15.9 Å². The fourth-order valence-electron chi connectivity index (χ4n) is 1.46. The van der Waals surface area contributed by atoms with Gasteiger partial charge in [0.1, 0.15) is 5.82 Å². The van der Waals surface area contributed by atoms with E-state index in [0.717, 1.165) is 0 Å². The molecule has 16 heavy (non-hydrogen) atoms. The molecule has 1 heterocycles. The zero-order chi connectivity index (χ0) is 11.9. The third-order valence-electron chi connectivity index (χ3n) is 2.37. The van der Waals surface area contributed by atoms with Crippen LogP contribution >= 0.6 is 15.9 Å². The first-order chi connectivity index (χ1) is 7.49. The van der Waals surface area contributed by atoms with E-state index in [9.17, 15) is 13.4 Å². The maximum atomic E-state index is 13.3. The molecule has 2 rings (SSSR count). The SMILES string of the molecule is CC1CS(=O)c2cc(Br)c(F)cc2NC1=O. The average Bonchev–Trinajstić information content (AvgIpc) is 2.30. The van der Waals surface area contributed by atoms with Crippen LogP contribution in [0.2, 0.25) is 0 Å². The zero-order valence-electron chi connectivity index (χ0n) is 8.42. The molecule has 1 amide bonds. The number of benzene rings is 1. The van der Waals surface area contributed by atoms with Crippen LogP contribution in [0.25, 0.3) is 0 Å². The summed E-state index contributed by atoms with van der Waals surface area (Å²) < 4.78 is 25.4. The number of hydrogen-bond donors (Lipinski definition) is 1. The Morgan fingerprint density at radius 1 is 1.56 bits per heavy atom. The second-order valence-electron chi connectivity index (χ2n) is 3.66. The molecule has 0 radical (unpaired) electrons. The van der Waals surface area contributed by atoms with Gasteiger partial charge in [0.2, 0.25) is 5.91 Å². The number of amides is 1. The van der Waals surface area contributed by atoms with Gasteiger partial charge in [-0.25, -0.2) is 4.39 Å². The molecule has 6 heteroatoms. The first-order valence-electron chi connectivity index (χ1n) is 4.67. The van der Waals surface area contributed by atoms with Crippen LogP contribution < -0.4 is 5.32 Å². The Balaban J connectivity index is 2.56. The maximum absolute atomic E-state index is 13.3. The first-order valence-corrected chi connectivity index (χ1v) is 6.78. The van der Waals surface area contributed by atoms with E-state index in [4.69, 9.17) is 0 Å². The molecule has 0 saturated carbocycles. The topological polar surface area (TPSA) is 46.2 Å². The highest BCUT2D eigenvalue weighted by molar-refractivity contribution is 9.10. The van der Waals surface area contributed by atoms with Crippen LogP contribution in [0.15, 0.2) is 21.5 Å². The predicted octanol–water partition coefficient (Wildman–Crippen LogP) is 2.28. The molecule has 2 atom stereocenters. The highest BCUT2D eigenvalue weighted by atomic mass is 79.9. The fraction of sp³-hybridized carbons (Fsp3) is 0.300. The summed E-state index contributed by atoms with van der Waals surface area (Å²) in [4.78, 5) is 12.0. The van der Waals surface area contributed by atoms with Gasteiger partial charge in [-0.1, -0.05) is 6.92 Å². The molecule has 0 spiro atoms. The number of halogens is 2. The van der Waals surface area contributed by atoms with Crippen molar-refractivity contribution in [2.75, 3.05) is 11.1 Å². The van der Waals surface area contributed by atoms with Crippen LogP contribution in [0.5, 0.6) is 0 Å². The van der Waals surface area contributed by atoms with Crippen LogP contribution in [-0.2, 0) is 15.6 Å². The Hall–Kier alpha value is -0.750. The summed E-state index contributed by atoms with van der Waals surface area (Å²) in [5.41, 5.74) is 0.299. The van der Waals surface area contributed by atoms with Crippen molar-refractivity contribution in [2.24, 2.45) is 5.92 Å². The van der Waals surface area contributed by atoms with Crippen molar-refractivity contribution in [1.29, 1.82) is 0 Å². The van der Waals surface area contributed by atoms with Crippen molar-refractivity contribution in [1.82, 2.24) is 0 Å². The number of fused-ring (bicyclic) bond motifs is 1. The van der Waals surface area contributed by atoms with E-state index in [2.05, 4.69) is 21.2 Å². The summed E-state index contributed by atoms with van der Waals surface area (Å²) >= 11 is 3.04. The van der Waals surface area contributed by atoms with Crippen molar-refractivity contribution in [2.45, 2.75) is 11.8 Å². The summed E-state index contributed by atoms with van der Waals surface area (Å²) in [6, 6.07) is 2.65. The molecule has 1 aliphatic heterocycles. The number of rotatable bonds is 0. The lowest BCUT2D eigenvalue weighted by atomic mass is 10.2. The predicted molar refractivity (Wildman–Crippen MR) is 63.2 cm³/mol. The number of carbonyl (C=O) groups is 1. The molecule has 86 valence electrons. The maximum Gasteiger partial charge on any atom is 0.228 e. The Morgan fingerprint density at radius 2 is 2.25 bits per heavy atom. The van der Waals surface area contributed by atoms with Crippen LogP contribution in [0.1, 0.15) is 6.92 Å². The van der Waals surface area contributed by atoms with E-state index >= 15 is 0 Å². The molecule has 1 aliphatic rings. The van der Waals surface area contributed by atoms with Gasteiger partial charge >= 0.3 is 0 Å². The number of carbonyl (C=O) groups excluding carboxylic acids is 1. The van der Waals surface area contributed by atoms with Crippen molar-refractivity contribution in [3.63, 3.8) is 0 Å². The largest absolute Gasteiger partial charge is 0.325 e. The summed E-state index contributed by atoms with van der Waals surface area (Å²) in [6.07, 6.45) is 0. The zero-order valence-corrected chi connectivity index (χ0v) is 10.8. The highest BCUT2D eigenvalue weighted by Crippen LogP contribution is 2.30. The lowest BCUT2D eigenvalue weighted by Gasteiger charge is -2.07. The van der Waals surface area contributed by atoms with Gasteiger partial charge in [-0.05, 0) is 28.1 Å². The van der Waals surface area contributed by atoms with Crippen LogP contribution in [0, 0.1) is 11.7 Å². The monoisotopic (exact) mass is 305 g/mol. The van der Waals surface area contributed by atoms with E-state index < -0.39 is 16.6 Å². The molecule has 0 saturated heterocycles. The Bertz CT molecular complexity index is 492. The van der Waals surface area contributed by atoms with Gasteiger partial charge in [0.15, 0.2) is 0 Å². The highest BCUT2D eigenvalue weighted by Gasteiger charge is 2.25. The van der Waals surface area contributed by atoms with Gasteiger partial charge in [0.25, 0.3) is 0 Å². The minimum absolute atomic E-state index is 0.228. The average molecular weight is 306 g/mol. The number of anilines is 1. The summed E-state index contributed by atoms with van der Waals surface area (Å²) in [6.45, 7) is 1.70. The third-order valence-corrected chi connectivity index (χ3v) is 4.61. The lowest BCUT2D eigenvalue weighted by Crippen LogP contribution is -2.21.